The summed E-state index contributed by atoms with van der Waals surface area (Å²) in [6.45, 7) is 3.80. The van der Waals surface area contributed by atoms with Crippen LogP contribution in [0, 0.1) is 13.8 Å². The Morgan fingerprint density at radius 3 is 2.71 bits per heavy atom. The molecule has 88 valence electrons. The summed E-state index contributed by atoms with van der Waals surface area (Å²) < 4.78 is 5.03. The number of rotatable bonds is 2. The van der Waals surface area contributed by atoms with E-state index in [4.69, 9.17) is 10.2 Å². The number of nitrogens with two attached hydrogens (primary N) is 1. The highest BCUT2D eigenvalue weighted by Crippen LogP contribution is 2.25. The van der Waals surface area contributed by atoms with E-state index in [1.165, 1.54) is 6.26 Å². The van der Waals surface area contributed by atoms with Gasteiger partial charge in [-0.05, 0) is 43.2 Å². The maximum absolute atomic E-state index is 11.8. The average Bonchev–Trinajstić information content (AvgIpc) is 2.83. The molecular weight excluding hydrogens is 216 g/mol. The highest BCUT2D eigenvalue weighted by molar-refractivity contribution is 6.03. The van der Waals surface area contributed by atoms with Gasteiger partial charge in [0.1, 0.15) is 0 Å². The summed E-state index contributed by atoms with van der Waals surface area (Å²) in [5.74, 6) is 0.0121. The van der Waals surface area contributed by atoms with Gasteiger partial charge in [0.2, 0.25) is 0 Å². The molecule has 0 aliphatic rings. The number of hydrogen-bond acceptors (Lipinski definition) is 3. The molecule has 4 heteroatoms. The van der Waals surface area contributed by atoms with Gasteiger partial charge in [0.25, 0.3) is 5.91 Å². The Hall–Kier alpha value is -2.23. The van der Waals surface area contributed by atoms with Crippen LogP contribution in [0.2, 0.25) is 0 Å². The SMILES string of the molecule is Cc1ccc(N)c(C)c1NC(=O)c1ccco1. The van der Waals surface area contributed by atoms with Crippen molar-refractivity contribution in [3.05, 3.63) is 47.4 Å². The molecule has 3 N–H and O–H groups in total. The smallest absolute Gasteiger partial charge is 0.291 e. The van der Waals surface area contributed by atoms with Gasteiger partial charge in [-0.3, -0.25) is 4.79 Å². The van der Waals surface area contributed by atoms with E-state index in [9.17, 15) is 4.79 Å². The molecule has 1 aromatic heterocycles. The number of nitrogens with one attached hydrogen (secondary N) is 1. The highest BCUT2D eigenvalue weighted by atomic mass is 16.3. The third kappa shape index (κ3) is 2.15. The molecule has 4 nitrogen and oxygen atoms in total. The average molecular weight is 230 g/mol. The lowest BCUT2D eigenvalue weighted by Gasteiger charge is -2.12. The van der Waals surface area contributed by atoms with Crippen LogP contribution in [0.3, 0.4) is 0 Å². The third-order valence-electron chi connectivity index (χ3n) is 2.70. The van der Waals surface area contributed by atoms with Gasteiger partial charge in [0.05, 0.1) is 6.26 Å². The number of amides is 1. The first-order valence-corrected chi connectivity index (χ1v) is 5.30. The number of carbonyl (C=O) groups excluding carboxylic acids is 1. The van der Waals surface area contributed by atoms with Crippen molar-refractivity contribution < 1.29 is 9.21 Å². The van der Waals surface area contributed by atoms with E-state index in [0.717, 1.165) is 16.8 Å². The molecule has 1 amide bonds. The van der Waals surface area contributed by atoms with Crippen LogP contribution in [0.15, 0.2) is 34.9 Å². The first-order valence-electron chi connectivity index (χ1n) is 5.30. The number of hydrogen-bond donors (Lipinski definition) is 2. The minimum atomic E-state index is -0.271. The molecule has 0 aliphatic heterocycles. The standard InChI is InChI=1S/C13H14N2O2/c1-8-5-6-10(14)9(2)12(8)15-13(16)11-4-3-7-17-11/h3-7H,14H2,1-2H3,(H,15,16). The molecule has 0 saturated heterocycles. The quantitative estimate of drug-likeness (QED) is 0.779. The summed E-state index contributed by atoms with van der Waals surface area (Å²) in [6.07, 6.45) is 1.47. The Balaban J connectivity index is 2.31. The normalized spacial score (nSPS) is 10.2. The number of nitrogen functional groups attached to an aromatic ring is 1. The fraction of sp³-hybridized carbons (Fsp3) is 0.154. The maximum Gasteiger partial charge on any atom is 0.291 e. The topological polar surface area (TPSA) is 68.3 Å². The second-order valence-electron chi connectivity index (χ2n) is 3.90. The summed E-state index contributed by atoms with van der Waals surface area (Å²) in [6, 6.07) is 6.99. The zero-order valence-electron chi connectivity index (χ0n) is 9.78. The zero-order valence-corrected chi connectivity index (χ0v) is 9.78. The first-order chi connectivity index (χ1) is 8.09. The summed E-state index contributed by atoms with van der Waals surface area (Å²) in [5.41, 5.74) is 9.04. The van der Waals surface area contributed by atoms with E-state index in [2.05, 4.69) is 5.32 Å². The van der Waals surface area contributed by atoms with E-state index >= 15 is 0 Å². The second kappa shape index (κ2) is 4.33. The van der Waals surface area contributed by atoms with Gasteiger partial charge >= 0.3 is 0 Å². The number of furan rings is 1. The zero-order chi connectivity index (χ0) is 12.4. The molecular formula is C13H14N2O2. The molecule has 0 fully saturated rings. The molecule has 17 heavy (non-hydrogen) atoms. The maximum atomic E-state index is 11.8. The molecule has 1 heterocycles. The molecule has 0 saturated carbocycles. The number of carbonyl (C=O) groups is 1. The van der Waals surface area contributed by atoms with Crippen LogP contribution in [0.1, 0.15) is 21.7 Å². The third-order valence-corrected chi connectivity index (χ3v) is 2.70. The van der Waals surface area contributed by atoms with Crippen LogP contribution in [-0.4, -0.2) is 5.91 Å². The summed E-state index contributed by atoms with van der Waals surface area (Å²) >= 11 is 0. The van der Waals surface area contributed by atoms with Crippen molar-refractivity contribution in [3.63, 3.8) is 0 Å². The predicted molar refractivity (Wildman–Crippen MR) is 67.0 cm³/mol. The van der Waals surface area contributed by atoms with Crippen molar-refractivity contribution in [2.75, 3.05) is 11.1 Å². The molecule has 2 aromatic rings. The van der Waals surface area contributed by atoms with Crippen molar-refractivity contribution in [2.45, 2.75) is 13.8 Å². The van der Waals surface area contributed by atoms with Crippen LogP contribution < -0.4 is 11.1 Å². The van der Waals surface area contributed by atoms with Crippen molar-refractivity contribution in [2.24, 2.45) is 0 Å². The molecule has 0 bridgehead atoms. The number of aryl methyl sites for hydroxylation is 1. The van der Waals surface area contributed by atoms with Crippen LogP contribution >= 0.6 is 0 Å². The van der Waals surface area contributed by atoms with Crippen LogP contribution in [0.25, 0.3) is 0 Å². The molecule has 0 radical (unpaired) electrons. The van der Waals surface area contributed by atoms with Gasteiger partial charge < -0.3 is 15.5 Å². The lowest BCUT2D eigenvalue weighted by Crippen LogP contribution is -2.13. The largest absolute Gasteiger partial charge is 0.459 e. The fourth-order valence-electron chi connectivity index (χ4n) is 1.64. The highest BCUT2D eigenvalue weighted by Gasteiger charge is 2.12. The molecule has 0 atom stereocenters. The first kappa shape index (κ1) is 11.3. The van der Waals surface area contributed by atoms with Gasteiger partial charge in [-0.2, -0.15) is 0 Å². The Morgan fingerprint density at radius 2 is 2.06 bits per heavy atom. The van der Waals surface area contributed by atoms with E-state index in [1.807, 2.05) is 26.0 Å². The molecule has 1 aromatic carbocycles. The van der Waals surface area contributed by atoms with E-state index in [-0.39, 0.29) is 11.7 Å². The summed E-state index contributed by atoms with van der Waals surface area (Å²) in [5, 5.41) is 2.81. The van der Waals surface area contributed by atoms with Gasteiger partial charge in [-0.25, -0.2) is 0 Å². The Labute approximate surface area is 99.4 Å². The van der Waals surface area contributed by atoms with Crippen LogP contribution in [-0.2, 0) is 0 Å². The Kier molecular flexibility index (Phi) is 2.87. The molecule has 0 aliphatic carbocycles. The van der Waals surface area contributed by atoms with Gasteiger partial charge in [0, 0.05) is 11.4 Å². The second-order valence-corrected chi connectivity index (χ2v) is 3.90. The Bertz CT molecular complexity index is 545. The summed E-state index contributed by atoms with van der Waals surface area (Å²) in [7, 11) is 0. The van der Waals surface area contributed by atoms with E-state index in [0.29, 0.717) is 5.69 Å². The minimum Gasteiger partial charge on any atom is -0.459 e. The number of benzene rings is 1. The van der Waals surface area contributed by atoms with E-state index < -0.39 is 0 Å². The van der Waals surface area contributed by atoms with E-state index in [1.54, 1.807) is 12.1 Å². The molecule has 0 spiro atoms. The minimum absolute atomic E-state index is 0.271. The van der Waals surface area contributed by atoms with Crippen LogP contribution in [0.5, 0.6) is 0 Å². The molecule has 0 unspecified atom stereocenters. The van der Waals surface area contributed by atoms with Crippen molar-refractivity contribution in [1.29, 1.82) is 0 Å². The fourth-order valence-corrected chi connectivity index (χ4v) is 1.64. The molecule has 2 rings (SSSR count). The van der Waals surface area contributed by atoms with Gasteiger partial charge in [0.15, 0.2) is 5.76 Å². The Morgan fingerprint density at radius 1 is 1.29 bits per heavy atom. The van der Waals surface area contributed by atoms with Crippen molar-refractivity contribution >= 4 is 17.3 Å². The van der Waals surface area contributed by atoms with Gasteiger partial charge in [-0.1, -0.05) is 6.07 Å². The monoisotopic (exact) mass is 230 g/mol. The van der Waals surface area contributed by atoms with Crippen molar-refractivity contribution in [1.82, 2.24) is 0 Å². The lowest BCUT2D eigenvalue weighted by molar-refractivity contribution is 0.0996. The lowest BCUT2D eigenvalue weighted by atomic mass is 10.1. The van der Waals surface area contributed by atoms with Gasteiger partial charge in [-0.15, -0.1) is 0 Å². The predicted octanol–water partition coefficient (Wildman–Crippen LogP) is 2.73. The van der Waals surface area contributed by atoms with Crippen molar-refractivity contribution in [3.8, 4) is 0 Å². The van der Waals surface area contributed by atoms with Crippen LogP contribution in [0.4, 0.5) is 11.4 Å². The summed E-state index contributed by atoms with van der Waals surface area (Å²) in [4.78, 5) is 11.8. The number of anilines is 2.